The molecule has 3 aromatic rings. The van der Waals surface area contributed by atoms with Crippen LogP contribution in [0.25, 0.3) is 0 Å². The normalized spacial score (nSPS) is 17.8. The first-order valence-corrected chi connectivity index (χ1v) is 17.1. The number of thioether (sulfide) groups is 8. The fraction of sp³-hybridized carbons (Fsp3) is 0.0909. The third kappa shape index (κ3) is 4.99. The van der Waals surface area contributed by atoms with Crippen LogP contribution in [0, 0.1) is 13.8 Å². The minimum atomic E-state index is 1.02. The van der Waals surface area contributed by atoms with E-state index < -0.39 is 0 Å². The van der Waals surface area contributed by atoms with Crippen molar-refractivity contribution in [2.24, 2.45) is 0 Å². The van der Waals surface area contributed by atoms with E-state index in [0.717, 1.165) is 10.1 Å². The van der Waals surface area contributed by atoms with Crippen molar-refractivity contribution in [3.8, 4) is 0 Å². The van der Waals surface area contributed by atoms with Gasteiger partial charge in [0.25, 0.3) is 0 Å². The molecule has 0 amide bonds. The molecule has 0 atom stereocenters. The molecule has 0 N–H and O–H groups in total. The van der Waals surface area contributed by atoms with E-state index in [1.165, 1.54) is 45.0 Å². The first-order chi connectivity index (χ1) is 16.1. The van der Waals surface area contributed by atoms with Crippen molar-refractivity contribution in [2.45, 2.75) is 33.7 Å². The summed E-state index contributed by atoms with van der Waals surface area (Å²) in [7, 11) is 0. The Balaban J connectivity index is 1.26. The van der Waals surface area contributed by atoms with Crippen LogP contribution in [0.2, 0.25) is 0 Å². The van der Waals surface area contributed by atoms with E-state index in [-0.39, 0.29) is 0 Å². The molecule has 33 heavy (non-hydrogen) atoms. The predicted molar refractivity (Wildman–Crippen MR) is 157 cm³/mol. The summed E-state index contributed by atoms with van der Waals surface area (Å²) in [4.78, 5) is 14.9. The third-order valence-corrected chi connectivity index (χ3v) is 17.4. The van der Waals surface area contributed by atoms with Crippen molar-refractivity contribution in [1.29, 1.82) is 0 Å². The number of nitrogens with zero attached hydrogens (tertiary/aromatic N) is 2. The SMILES string of the molecule is Cc1sc(C)c2c1SC1=C(SC(=C3SC(Sc4ccccn4)=C(Sc4ccccn4)S3)S1)S2. The maximum absolute atomic E-state index is 4.54. The van der Waals surface area contributed by atoms with E-state index in [0.29, 0.717) is 0 Å². The van der Waals surface area contributed by atoms with Crippen molar-refractivity contribution in [3.05, 3.63) is 84.0 Å². The molecule has 0 unspecified atom stereocenters. The summed E-state index contributed by atoms with van der Waals surface area (Å²) in [5.41, 5.74) is 0. The summed E-state index contributed by atoms with van der Waals surface area (Å²) < 4.78 is 8.21. The van der Waals surface area contributed by atoms with Crippen LogP contribution in [0.5, 0.6) is 0 Å². The van der Waals surface area contributed by atoms with Gasteiger partial charge in [-0.25, -0.2) is 9.97 Å². The zero-order valence-corrected chi connectivity index (χ0v) is 24.5. The number of aromatic nitrogens is 2. The molecule has 3 aliphatic heterocycles. The molecule has 0 aromatic carbocycles. The monoisotopic (exact) mass is 594 g/mol. The molecule has 3 aliphatic rings. The first kappa shape index (κ1) is 23.4. The lowest BCUT2D eigenvalue weighted by atomic mass is 10.4. The Morgan fingerprint density at radius 1 is 0.576 bits per heavy atom. The molecule has 6 heterocycles. The molecule has 0 bridgehead atoms. The van der Waals surface area contributed by atoms with Crippen molar-refractivity contribution >= 4 is 105 Å². The van der Waals surface area contributed by atoms with Crippen LogP contribution in [0.3, 0.4) is 0 Å². The summed E-state index contributed by atoms with van der Waals surface area (Å²) in [5, 5.41) is 2.05. The fourth-order valence-electron chi connectivity index (χ4n) is 3.03. The highest BCUT2D eigenvalue weighted by Gasteiger charge is 2.35. The molecule has 0 saturated heterocycles. The molecule has 0 radical (unpaired) electrons. The highest BCUT2D eigenvalue weighted by atomic mass is 32.3. The number of rotatable bonds is 4. The van der Waals surface area contributed by atoms with Gasteiger partial charge in [-0.15, -0.1) is 11.3 Å². The minimum Gasteiger partial charge on any atom is -0.250 e. The second-order valence-electron chi connectivity index (χ2n) is 6.75. The number of aryl methyl sites for hydroxylation is 2. The Morgan fingerprint density at radius 3 is 1.48 bits per heavy atom. The van der Waals surface area contributed by atoms with Gasteiger partial charge in [0, 0.05) is 31.9 Å². The van der Waals surface area contributed by atoms with E-state index in [2.05, 4.69) is 35.9 Å². The van der Waals surface area contributed by atoms with Crippen LogP contribution in [-0.4, -0.2) is 9.97 Å². The van der Waals surface area contributed by atoms with Gasteiger partial charge in [0.2, 0.25) is 0 Å². The minimum absolute atomic E-state index is 1.02. The van der Waals surface area contributed by atoms with E-state index in [1.54, 1.807) is 23.5 Å². The Morgan fingerprint density at radius 2 is 1.03 bits per heavy atom. The molecule has 2 nitrogen and oxygen atoms in total. The molecule has 166 valence electrons. The lowest BCUT2D eigenvalue weighted by molar-refractivity contribution is 1.14. The van der Waals surface area contributed by atoms with Crippen molar-refractivity contribution in [3.63, 3.8) is 0 Å². The molecular formula is C22H14N2S9. The van der Waals surface area contributed by atoms with E-state index in [9.17, 15) is 0 Å². The summed E-state index contributed by atoms with van der Waals surface area (Å²) in [5.74, 6) is 0. The van der Waals surface area contributed by atoms with Gasteiger partial charge in [0.05, 0.1) is 25.4 Å². The Hall–Kier alpha value is 0.0200. The lowest BCUT2D eigenvalue weighted by Gasteiger charge is -2.13. The quantitative estimate of drug-likeness (QED) is 0.290. The maximum Gasteiger partial charge on any atom is 0.101 e. The van der Waals surface area contributed by atoms with Gasteiger partial charge in [-0.2, -0.15) is 0 Å². The standard InChI is InChI=1S/C22H14N2S9/c1-11-15-16(12(2)25-11)29-20-19(28-15)32-22(33-20)21-30-17(26-13-7-3-5-9-23-13)18(31-21)27-14-8-4-6-10-24-14/h3-10H,1-2H3. The molecule has 0 aliphatic carbocycles. The molecular weight excluding hydrogens is 581 g/mol. The highest BCUT2D eigenvalue weighted by molar-refractivity contribution is 8.45. The molecule has 0 spiro atoms. The average Bonchev–Trinajstić information content (AvgIpc) is 3.50. The Kier molecular flexibility index (Phi) is 7.22. The Labute approximate surface area is 230 Å². The summed E-state index contributed by atoms with van der Waals surface area (Å²) in [6.07, 6.45) is 3.72. The van der Waals surface area contributed by atoms with Gasteiger partial charge in [0.1, 0.15) is 10.1 Å². The van der Waals surface area contributed by atoms with Crippen molar-refractivity contribution < 1.29 is 0 Å². The largest absolute Gasteiger partial charge is 0.250 e. The van der Waals surface area contributed by atoms with Gasteiger partial charge in [-0.1, -0.05) is 106 Å². The number of thiophene rings is 1. The van der Waals surface area contributed by atoms with Crippen molar-refractivity contribution in [1.82, 2.24) is 9.97 Å². The van der Waals surface area contributed by atoms with Crippen LogP contribution < -0.4 is 0 Å². The van der Waals surface area contributed by atoms with Gasteiger partial charge in [-0.05, 0) is 38.1 Å². The number of pyridine rings is 2. The van der Waals surface area contributed by atoms with Gasteiger partial charge in [-0.3, -0.25) is 0 Å². The average molecular weight is 595 g/mol. The molecule has 6 rings (SSSR count). The lowest BCUT2D eigenvalue weighted by Crippen LogP contribution is -1.83. The molecule has 0 saturated carbocycles. The van der Waals surface area contributed by atoms with Crippen molar-refractivity contribution in [2.75, 3.05) is 0 Å². The molecule has 3 aromatic heterocycles. The zero-order valence-electron chi connectivity index (χ0n) is 17.2. The van der Waals surface area contributed by atoms with Crippen LogP contribution >= 0.6 is 105 Å². The number of hydrogen-bond acceptors (Lipinski definition) is 11. The van der Waals surface area contributed by atoms with Gasteiger partial charge >= 0.3 is 0 Å². The van der Waals surface area contributed by atoms with Crippen LogP contribution in [0.1, 0.15) is 9.75 Å². The van der Waals surface area contributed by atoms with Crippen LogP contribution in [-0.2, 0) is 0 Å². The second-order valence-corrected chi connectivity index (χ2v) is 17.9. The van der Waals surface area contributed by atoms with Gasteiger partial charge in [0.15, 0.2) is 0 Å². The fourth-order valence-corrected chi connectivity index (χ4v) is 16.1. The summed E-state index contributed by atoms with van der Waals surface area (Å²) in [6, 6.07) is 12.2. The van der Waals surface area contributed by atoms with E-state index >= 15 is 0 Å². The topological polar surface area (TPSA) is 25.8 Å². The van der Waals surface area contributed by atoms with Crippen LogP contribution in [0.4, 0.5) is 0 Å². The zero-order chi connectivity index (χ0) is 22.4. The highest BCUT2D eigenvalue weighted by Crippen LogP contribution is 2.70. The molecule has 0 fully saturated rings. The summed E-state index contributed by atoms with van der Waals surface area (Å²) in [6.45, 7) is 4.49. The predicted octanol–water partition coefficient (Wildman–Crippen LogP) is 10.3. The Bertz CT molecular complexity index is 1230. The van der Waals surface area contributed by atoms with Crippen LogP contribution in [0.15, 0.2) is 94.1 Å². The first-order valence-electron chi connectivity index (χ1n) is 9.72. The smallest absolute Gasteiger partial charge is 0.101 e. The van der Waals surface area contributed by atoms with E-state index in [4.69, 9.17) is 0 Å². The van der Waals surface area contributed by atoms with Gasteiger partial charge < -0.3 is 0 Å². The maximum atomic E-state index is 4.54. The second kappa shape index (κ2) is 10.2. The van der Waals surface area contributed by atoms with E-state index in [1.807, 2.05) is 119 Å². The molecule has 11 heteroatoms. The summed E-state index contributed by atoms with van der Waals surface area (Å²) >= 11 is 17.0. The number of fused-ring (bicyclic) bond motifs is 1. The number of hydrogen-bond donors (Lipinski definition) is 0. The third-order valence-electron chi connectivity index (χ3n) is 4.45.